The normalized spacial score (nSPS) is 20.2. The lowest BCUT2D eigenvalue weighted by atomic mass is 9.98. The third kappa shape index (κ3) is 2.18. The first kappa shape index (κ1) is 8.51. The lowest BCUT2D eigenvalue weighted by Gasteiger charge is -2.07. The Bertz CT molecular complexity index is 179. The number of rotatable bonds is 3. The van der Waals surface area contributed by atoms with E-state index in [1.165, 1.54) is 6.42 Å². The minimum Gasteiger partial charge on any atom is -0.295 e. The van der Waals surface area contributed by atoms with E-state index in [9.17, 15) is 4.79 Å². The van der Waals surface area contributed by atoms with E-state index in [1.54, 1.807) is 0 Å². The van der Waals surface area contributed by atoms with E-state index in [2.05, 4.69) is 19.9 Å². The molecule has 1 unspecified atom stereocenters. The van der Waals surface area contributed by atoms with E-state index in [4.69, 9.17) is 0 Å². The quantitative estimate of drug-likeness (QED) is 0.607. The van der Waals surface area contributed by atoms with E-state index in [0.29, 0.717) is 11.7 Å². The van der Waals surface area contributed by atoms with Gasteiger partial charge < -0.3 is 0 Å². The largest absolute Gasteiger partial charge is 0.295 e. The maximum atomic E-state index is 11.2. The standard InChI is InChI=1S/C10H16O/c1-3-8(2)7-9-5-4-6-10(9)11/h5,8H,3-4,6-7H2,1-2H3. The molecular weight excluding hydrogens is 136 g/mol. The molecular formula is C10H16O. The minimum atomic E-state index is 0.380. The highest BCUT2D eigenvalue weighted by Crippen LogP contribution is 2.22. The molecule has 0 radical (unpaired) electrons. The van der Waals surface area contributed by atoms with E-state index in [1.807, 2.05) is 0 Å². The predicted molar refractivity (Wildman–Crippen MR) is 46.4 cm³/mol. The minimum absolute atomic E-state index is 0.380. The molecule has 0 N–H and O–H groups in total. The summed E-state index contributed by atoms with van der Waals surface area (Å²) in [4.78, 5) is 11.2. The van der Waals surface area contributed by atoms with E-state index >= 15 is 0 Å². The number of hydrogen-bond donors (Lipinski definition) is 0. The number of carbonyl (C=O) groups excluding carboxylic acids is 1. The smallest absolute Gasteiger partial charge is 0.158 e. The fourth-order valence-electron chi connectivity index (χ4n) is 1.37. The van der Waals surface area contributed by atoms with Crippen LogP contribution in [0.15, 0.2) is 11.6 Å². The van der Waals surface area contributed by atoms with Crippen LogP contribution in [0, 0.1) is 5.92 Å². The SMILES string of the molecule is CCC(C)CC1=CCCC1=O. The highest BCUT2D eigenvalue weighted by Gasteiger charge is 2.16. The van der Waals surface area contributed by atoms with Crippen molar-refractivity contribution in [3.63, 3.8) is 0 Å². The first-order chi connectivity index (χ1) is 5.24. The van der Waals surface area contributed by atoms with Crippen LogP contribution >= 0.6 is 0 Å². The Labute approximate surface area is 68.5 Å². The zero-order valence-electron chi connectivity index (χ0n) is 7.39. The number of Topliss-reactive ketones (excluding diaryl/α,β-unsaturated/α-hetero) is 1. The van der Waals surface area contributed by atoms with Gasteiger partial charge in [-0.1, -0.05) is 26.3 Å². The molecule has 1 aliphatic carbocycles. The molecule has 62 valence electrons. The van der Waals surface area contributed by atoms with Crippen molar-refractivity contribution in [2.75, 3.05) is 0 Å². The molecule has 0 bridgehead atoms. The Kier molecular flexibility index (Phi) is 2.86. The highest BCUT2D eigenvalue weighted by molar-refractivity contribution is 5.97. The average molecular weight is 152 g/mol. The molecule has 1 atom stereocenters. The van der Waals surface area contributed by atoms with Crippen molar-refractivity contribution in [2.45, 2.75) is 39.5 Å². The van der Waals surface area contributed by atoms with Crippen LogP contribution in [0.1, 0.15) is 39.5 Å². The van der Waals surface area contributed by atoms with E-state index in [0.717, 1.165) is 24.8 Å². The molecule has 1 aliphatic rings. The van der Waals surface area contributed by atoms with Crippen LogP contribution in [0.2, 0.25) is 0 Å². The Morgan fingerprint density at radius 1 is 1.64 bits per heavy atom. The summed E-state index contributed by atoms with van der Waals surface area (Å²) in [6, 6.07) is 0. The molecule has 1 rings (SSSR count). The van der Waals surface area contributed by atoms with Gasteiger partial charge in [-0.05, 0) is 24.3 Å². The van der Waals surface area contributed by atoms with E-state index in [-0.39, 0.29) is 0 Å². The summed E-state index contributed by atoms with van der Waals surface area (Å²) in [7, 11) is 0. The summed E-state index contributed by atoms with van der Waals surface area (Å²) < 4.78 is 0. The second-order valence-corrected chi connectivity index (χ2v) is 3.41. The second-order valence-electron chi connectivity index (χ2n) is 3.41. The maximum Gasteiger partial charge on any atom is 0.158 e. The van der Waals surface area contributed by atoms with Crippen molar-refractivity contribution in [3.8, 4) is 0 Å². The van der Waals surface area contributed by atoms with Crippen LogP contribution in [-0.2, 0) is 4.79 Å². The van der Waals surface area contributed by atoms with Gasteiger partial charge in [0.15, 0.2) is 5.78 Å². The van der Waals surface area contributed by atoms with Crippen LogP contribution in [0.5, 0.6) is 0 Å². The third-order valence-electron chi connectivity index (χ3n) is 2.39. The summed E-state index contributed by atoms with van der Waals surface area (Å²) >= 11 is 0. The van der Waals surface area contributed by atoms with Crippen LogP contribution < -0.4 is 0 Å². The number of hydrogen-bond acceptors (Lipinski definition) is 1. The zero-order chi connectivity index (χ0) is 8.27. The number of allylic oxidation sites excluding steroid dienone is 2. The molecule has 0 fully saturated rings. The summed E-state index contributed by atoms with van der Waals surface area (Å²) in [5.74, 6) is 1.05. The van der Waals surface area contributed by atoms with Crippen molar-refractivity contribution >= 4 is 5.78 Å². The van der Waals surface area contributed by atoms with Gasteiger partial charge in [-0.3, -0.25) is 4.79 Å². The van der Waals surface area contributed by atoms with Crippen LogP contribution in [0.3, 0.4) is 0 Å². The van der Waals surface area contributed by atoms with Crippen molar-refractivity contribution < 1.29 is 4.79 Å². The Morgan fingerprint density at radius 2 is 2.36 bits per heavy atom. The van der Waals surface area contributed by atoms with Gasteiger partial charge in [0.25, 0.3) is 0 Å². The zero-order valence-corrected chi connectivity index (χ0v) is 7.39. The molecule has 0 amide bonds. The molecule has 0 aliphatic heterocycles. The third-order valence-corrected chi connectivity index (χ3v) is 2.39. The second kappa shape index (κ2) is 3.70. The molecule has 0 heterocycles. The van der Waals surface area contributed by atoms with Crippen molar-refractivity contribution in [1.29, 1.82) is 0 Å². The molecule has 0 saturated carbocycles. The van der Waals surface area contributed by atoms with Gasteiger partial charge in [-0.25, -0.2) is 0 Å². The summed E-state index contributed by atoms with van der Waals surface area (Å²) in [5.41, 5.74) is 1.08. The first-order valence-corrected chi connectivity index (χ1v) is 4.46. The monoisotopic (exact) mass is 152 g/mol. The van der Waals surface area contributed by atoms with Gasteiger partial charge in [-0.2, -0.15) is 0 Å². The fraction of sp³-hybridized carbons (Fsp3) is 0.700. The lowest BCUT2D eigenvalue weighted by Crippen LogP contribution is -2.01. The molecule has 0 aromatic heterocycles. The van der Waals surface area contributed by atoms with Crippen molar-refractivity contribution in [1.82, 2.24) is 0 Å². The van der Waals surface area contributed by atoms with E-state index < -0.39 is 0 Å². The number of ketones is 1. The fourth-order valence-corrected chi connectivity index (χ4v) is 1.37. The van der Waals surface area contributed by atoms with Gasteiger partial charge in [-0.15, -0.1) is 0 Å². The summed E-state index contributed by atoms with van der Waals surface area (Å²) in [6.07, 6.45) is 6.00. The average Bonchev–Trinajstić information content (AvgIpc) is 2.37. The Hall–Kier alpha value is -0.590. The van der Waals surface area contributed by atoms with Crippen molar-refractivity contribution in [3.05, 3.63) is 11.6 Å². The molecule has 1 heteroatoms. The van der Waals surface area contributed by atoms with Crippen LogP contribution in [0.25, 0.3) is 0 Å². The molecule has 0 aromatic carbocycles. The predicted octanol–water partition coefficient (Wildman–Crippen LogP) is 2.71. The van der Waals surface area contributed by atoms with Crippen LogP contribution in [-0.4, -0.2) is 5.78 Å². The van der Waals surface area contributed by atoms with Gasteiger partial charge in [0.05, 0.1) is 0 Å². The maximum absolute atomic E-state index is 11.2. The molecule has 0 spiro atoms. The topological polar surface area (TPSA) is 17.1 Å². The van der Waals surface area contributed by atoms with Gasteiger partial charge in [0.1, 0.15) is 0 Å². The lowest BCUT2D eigenvalue weighted by molar-refractivity contribution is -0.115. The summed E-state index contributed by atoms with van der Waals surface area (Å²) in [5, 5.41) is 0. The molecule has 11 heavy (non-hydrogen) atoms. The van der Waals surface area contributed by atoms with Gasteiger partial charge >= 0.3 is 0 Å². The molecule has 0 aromatic rings. The first-order valence-electron chi connectivity index (χ1n) is 4.46. The molecule has 1 nitrogen and oxygen atoms in total. The van der Waals surface area contributed by atoms with Gasteiger partial charge in [0, 0.05) is 6.42 Å². The summed E-state index contributed by atoms with van der Waals surface area (Å²) in [6.45, 7) is 4.37. The Morgan fingerprint density at radius 3 is 2.82 bits per heavy atom. The van der Waals surface area contributed by atoms with Crippen LogP contribution in [0.4, 0.5) is 0 Å². The highest BCUT2D eigenvalue weighted by atomic mass is 16.1. The van der Waals surface area contributed by atoms with Crippen molar-refractivity contribution in [2.24, 2.45) is 5.92 Å². The van der Waals surface area contributed by atoms with Gasteiger partial charge in [0.2, 0.25) is 0 Å². The Balaban J connectivity index is 2.42. The molecule has 0 saturated heterocycles. The number of carbonyl (C=O) groups is 1.